The van der Waals surface area contributed by atoms with Crippen molar-refractivity contribution in [1.29, 1.82) is 0 Å². The zero-order chi connectivity index (χ0) is 20.8. The molecule has 1 fully saturated rings. The molecule has 3 rings (SSSR count). The first-order valence-corrected chi connectivity index (χ1v) is 11.4. The molecule has 0 spiro atoms. The van der Waals surface area contributed by atoms with Crippen LogP contribution in [-0.4, -0.2) is 27.6 Å². The molecule has 1 aliphatic rings. The molecule has 0 radical (unpaired) electrons. The number of thioether (sulfide) groups is 1. The smallest absolute Gasteiger partial charge is 0.266 e. The molecule has 1 saturated heterocycles. The highest BCUT2D eigenvalue weighted by Crippen LogP contribution is 2.32. The number of anilines is 1. The van der Waals surface area contributed by atoms with Crippen molar-refractivity contribution >= 4 is 67.8 Å². The van der Waals surface area contributed by atoms with Crippen LogP contribution in [0.5, 0.6) is 0 Å². The second-order valence-corrected chi connectivity index (χ2v) is 9.18. The summed E-state index contributed by atoms with van der Waals surface area (Å²) in [6.07, 6.45) is 3.73. The molecule has 0 bridgehead atoms. The number of carbonyl (C=O) groups is 2. The minimum absolute atomic E-state index is 0.0793. The van der Waals surface area contributed by atoms with Gasteiger partial charge in [0.05, 0.1) is 4.91 Å². The maximum absolute atomic E-state index is 12.7. The van der Waals surface area contributed by atoms with Gasteiger partial charge in [-0.3, -0.25) is 14.5 Å². The van der Waals surface area contributed by atoms with E-state index in [1.807, 2.05) is 42.5 Å². The van der Waals surface area contributed by atoms with E-state index in [4.69, 9.17) is 12.2 Å². The van der Waals surface area contributed by atoms with E-state index in [1.54, 1.807) is 4.90 Å². The number of nitrogens with one attached hydrogen (secondary N) is 1. The summed E-state index contributed by atoms with van der Waals surface area (Å²) in [7, 11) is 0. The normalized spacial score (nSPS) is 15.2. The molecule has 0 aromatic heterocycles. The van der Waals surface area contributed by atoms with Gasteiger partial charge in [-0.05, 0) is 54.3 Å². The van der Waals surface area contributed by atoms with Crippen LogP contribution in [0.4, 0.5) is 5.69 Å². The van der Waals surface area contributed by atoms with Crippen LogP contribution < -0.4 is 5.32 Å². The van der Waals surface area contributed by atoms with Crippen LogP contribution in [-0.2, 0) is 16.0 Å². The molecule has 0 unspecified atom stereocenters. The number of halogens is 1. The van der Waals surface area contributed by atoms with Crippen molar-refractivity contribution in [2.45, 2.75) is 26.2 Å². The number of aryl methyl sites for hydroxylation is 1. The summed E-state index contributed by atoms with van der Waals surface area (Å²) in [4.78, 5) is 27.0. The molecule has 4 nitrogen and oxygen atoms in total. The Morgan fingerprint density at radius 1 is 1.17 bits per heavy atom. The molecule has 7 heteroatoms. The highest BCUT2D eigenvalue weighted by Gasteiger charge is 2.31. The third-order valence-corrected chi connectivity index (χ3v) is 6.38. The molecule has 0 saturated carbocycles. The van der Waals surface area contributed by atoms with Crippen molar-refractivity contribution < 1.29 is 9.59 Å². The van der Waals surface area contributed by atoms with Crippen molar-refractivity contribution in [1.82, 2.24) is 4.90 Å². The lowest BCUT2D eigenvalue weighted by Crippen LogP contribution is -2.29. The molecule has 0 aliphatic carbocycles. The third-order valence-electron chi connectivity index (χ3n) is 4.47. The zero-order valence-corrected chi connectivity index (χ0v) is 19.2. The first-order valence-electron chi connectivity index (χ1n) is 9.36. The maximum atomic E-state index is 12.7. The largest absolute Gasteiger partial charge is 0.326 e. The predicted octanol–water partition coefficient (Wildman–Crippen LogP) is 5.63. The number of amides is 2. The average molecular weight is 489 g/mol. The number of hydrogen-bond donors (Lipinski definition) is 1. The van der Waals surface area contributed by atoms with E-state index in [-0.39, 0.29) is 11.8 Å². The number of thiocarbonyl (C=S) groups is 1. The molecule has 29 heavy (non-hydrogen) atoms. The van der Waals surface area contributed by atoms with Crippen LogP contribution in [0.3, 0.4) is 0 Å². The SMILES string of the molecule is CCc1ccc(/C=C2/SC(=S)N(CCCC(=O)Nc3ccc(Br)cc3)C2=O)cc1. The number of nitrogens with zero attached hydrogens (tertiary/aromatic N) is 1. The summed E-state index contributed by atoms with van der Waals surface area (Å²) in [5.74, 6) is -0.169. The number of rotatable bonds is 7. The van der Waals surface area contributed by atoms with Gasteiger partial charge in [0, 0.05) is 23.1 Å². The molecule has 1 heterocycles. The minimum atomic E-state index is -0.0899. The molecular weight excluding hydrogens is 468 g/mol. The Morgan fingerprint density at radius 3 is 2.52 bits per heavy atom. The lowest BCUT2D eigenvalue weighted by atomic mass is 10.1. The Morgan fingerprint density at radius 2 is 1.86 bits per heavy atom. The van der Waals surface area contributed by atoms with Gasteiger partial charge in [-0.1, -0.05) is 71.1 Å². The quantitative estimate of drug-likeness (QED) is 0.405. The third kappa shape index (κ3) is 6.01. The molecule has 150 valence electrons. The second-order valence-electron chi connectivity index (χ2n) is 6.59. The summed E-state index contributed by atoms with van der Waals surface area (Å²) in [5, 5.41) is 2.86. The van der Waals surface area contributed by atoms with Gasteiger partial charge in [0.15, 0.2) is 0 Å². The topological polar surface area (TPSA) is 49.4 Å². The fourth-order valence-corrected chi connectivity index (χ4v) is 4.42. The van der Waals surface area contributed by atoms with Gasteiger partial charge >= 0.3 is 0 Å². The number of hydrogen-bond acceptors (Lipinski definition) is 4. The van der Waals surface area contributed by atoms with Gasteiger partial charge < -0.3 is 5.32 Å². The molecular formula is C22H21BrN2O2S2. The Balaban J connectivity index is 1.52. The molecule has 2 aromatic carbocycles. The molecule has 0 atom stereocenters. The molecule has 2 amide bonds. The summed E-state index contributed by atoms with van der Waals surface area (Å²) < 4.78 is 1.50. The van der Waals surface area contributed by atoms with E-state index in [2.05, 4.69) is 40.3 Å². The Bertz CT molecular complexity index is 940. The van der Waals surface area contributed by atoms with E-state index in [0.717, 1.165) is 22.1 Å². The summed E-state index contributed by atoms with van der Waals surface area (Å²) in [5.41, 5.74) is 2.99. The van der Waals surface area contributed by atoms with Crippen LogP contribution in [0.2, 0.25) is 0 Å². The summed E-state index contributed by atoms with van der Waals surface area (Å²) in [6, 6.07) is 15.6. The zero-order valence-electron chi connectivity index (χ0n) is 16.0. The molecule has 2 aromatic rings. The van der Waals surface area contributed by atoms with Gasteiger partial charge in [-0.2, -0.15) is 0 Å². The van der Waals surface area contributed by atoms with E-state index >= 15 is 0 Å². The van der Waals surface area contributed by atoms with Crippen LogP contribution in [0.1, 0.15) is 30.9 Å². The lowest BCUT2D eigenvalue weighted by molar-refractivity contribution is -0.122. The van der Waals surface area contributed by atoms with Crippen molar-refractivity contribution in [3.63, 3.8) is 0 Å². The summed E-state index contributed by atoms with van der Waals surface area (Å²) >= 11 is 10.0. The van der Waals surface area contributed by atoms with E-state index in [9.17, 15) is 9.59 Å². The van der Waals surface area contributed by atoms with Crippen LogP contribution in [0.15, 0.2) is 57.9 Å². The highest BCUT2D eigenvalue weighted by molar-refractivity contribution is 9.10. The Labute approximate surface area is 188 Å². The summed E-state index contributed by atoms with van der Waals surface area (Å²) in [6.45, 7) is 2.55. The van der Waals surface area contributed by atoms with E-state index in [1.165, 1.54) is 17.3 Å². The first kappa shape index (κ1) is 21.7. The van der Waals surface area contributed by atoms with E-state index < -0.39 is 0 Å². The van der Waals surface area contributed by atoms with Gasteiger partial charge in [-0.15, -0.1) is 0 Å². The van der Waals surface area contributed by atoms with Crippen LogP contribution >= 0.6 is 39.9 Å². The fraction of sp³-hybridized carbons (Fsp3) is 0.227. The minimum Gasteiger partial charge on any atom is -0.326 e. The average Bonchev–Trinajstić information content (AvgIpc) is 2.97. The maximum Gasteiger partial charge on any atom is 0.266 e. The van der Waals surface area contributed by atoms with E-state index in [0.29, 0.717) is 28.6 Å². The monoisotopic (exact) mass is 488 g/mol. The first-order chi connectivity index (χ1) is 14.0. The van der Waals surface area contributed by atoms with Gasteiger partial charge in [0.25, 0.3) is 5.91 Å². The number of carbonyl (C=O) groups excluding carboxylic acids is 2. The fourth-order valence-electron chi connectivity index (χ4n) is 2.85. The highest BCUT2D eigenvalue weighted by atomic mass is 79.9. The standard InChI is InChI=1S/C22H21BrN2O2S2/c1-2-15-5-7-16(8-6-15)14-19-21(27)25(22(28)29-19)13-3-4-20(26)24-18-11-9-17(23)10-12-18/h5-12,14H,2-4,13H2,1H3,(H,24,26)/b19-14+. The van der Waals surface area contributed by atoms with Crippen molar-refractivity contribution in [2.24, 2.45) is 0 Å². The number of benzene rings is 2. The Kier molecular flexibility index (Phi) is 7.64. The predicted molar refractivity (Wildman–Crippen MR) is 128 cm³/mol. The lowest BCUT2D eigenvalue weighted by Gasteiger charge is -2.14. The Hall–Kier alpha value is -1.96. The molecule has 1 N–H and O–H groups in total. The van der Waals surface area contributed by atoms with Crippen molar-refractivity contribution in [3.05, 3.63) is 69.0 Å². The van der Waals surface area contributed by atoms with Crippen molar-refractivity contribution in [2.75, 3.05) is 11.9 Å². The van der Waals surface area contributed by atoms with Crippen LogP contribution in [0, 0.1) is 0 Å². The van der Waals surface area contributed by atoms with Crippen LogP contribution in [0.25, 0.3) is 6.08 Å². The van der Waals surface area contributed by atoms with Crippen molar-refractivity contribution in [3.8, 4) is 0 Å². The van der Waals surface area contributed by atoms with Gasteiger partial charge in [0.1, 0.15) is 4.32 Å². The van der Waals surface area contributed by atoms with Gasteiger partial charge in [0.2, 0.25) is 5.91 Å². The van der Waals surface area contributed by atoms with Gasteiger partial charge in [-0.25, -0.2) is 0 Å². The second kappa shape index (κ2) is 10.2. The molecule has 1 aliphatic heterocycles.